The van der Waals surface area contributed by atoms with Gasteiger partial charge >= 0.3 is 0 Å². The third-order valence-electron chi connectivity index (χ3n) is 3.59. The molecule has 1 aliphatic rings. The molecule has 0 aliphatic carbocycles. The number of pyridine rings is 1. The highest BCUT2D eigenvalue weighted by Gasteiger charge is 2.18. The number of nitrogens with one attached hydrogen (secondary N) is 1. The first-order valence-corrected chi connectivity index (χ1v) is 7.33. The maximum atomic E-state index is 4.59. The van der Waals surface area contributed by atoms with E-state index in [2.05, 4.69) is 62.9 Å². The first-order valence-electron chi connectivity index (χ1n) is 7.33. The van der Waals surface area contributed by atoms with E-state index in [0.29, 0.717) is 0 Å². The van der Waals surface area contributed by atoms with Crippen LogP contribution in [0, 0.1) is 0 Å². The van der Waals surface area contributed by atoms with Crippen LogP contribution in [-0.4, -0.2) is 31.8 Å². The van der Waals surface area contributed by atoms with Gasteiger partial charge in [-0.1, -0.05) is 6.07 Å². The van der Waals surface area contributed by atoms with Crippen LogP contribution in [0.1, 0.15) is 32.2 Å². The molecule has 0 radical (unpaired) electrons. The molecule has 0 aromatic carbocycles. The summed E-state index contributed by atoms with van der Waals surface area (Å²) in [7, 11) is 0. The molecule has 6 nitrogen and oxygen atoms in total. The van der Waals surface area contributed by atoms with Gasteiger partial charge in [-0.15, -0.1) is 10.2 Å². The Labute approximate surface area is 125 Å². The molecular weight excluding hydrogens is 264 g/mol. The van der Waals surface area contributed by atoms with Crippen LogP contribution in [0.4, 0.5) is 5.82 Å². The molecular formula is C15H22N6. The molecule has 2 aromatic heterocycles. The Morgan fingerprint density at radius 1 is 1.24 bits per heavy atom. The fourth-order valence-corrected chi connectivity index (χ4v) is 2.34. The van der Waals surface area contributed by atoms with E-state index in [1.54, 1.807) is 6.33 Å². The van der Waals surface area contributed by atoms with Gasteiger partial charge in [0.15, 0.2) is 5.82 Å². The number of hydrogen-bond acceptors (Lipinski definition) is 5. The predicted octanol–water partition coefficient (Wildman–Crippen LogP) is 1.58. The van der Waals surface area contributed by atoms with Crippen molar-refractivity contribution in [1.82, 2.24) is 25.1 Å². The van der Waals surface area contributed by atoms with Crippen molar-refractivity contribution < 1.29 is 0 Å². The molecule has 0 spiro atoms. The molecule has 0 atom stereocenters. The second kappa shape index (κ2) is 5.44. The number of aromatic nitrogens is 4. The molecule has 1 aliphatic heterocycles. The van der Waals surface area contributed by atoms with Gasteiger partial charge in [-0.05, 0) is 32.4 Å². The summed E-state index contributed by atoms with van der Waals surface area (Å²) in [5, 5.41) is 11.6. The fourth-order valence-electron chi connectivity index (χ4n) is 2.34. The molecule has 21 heavy (non-hydrogen) atoms. The zero-order chi connectivity index (χ0) is 14.9. The first kappa shape index (κ1) is 14.0. The van der Waals surface area contributed by atoms with E-state index in [4.69, 9.17) is 0 Å². The van der Waals surface area contributed by atoms with Crippen molar-refractivity contribution in [2.24, 2.45) is 0 Å². The van der Waals surface area contributed by atoms with Gasteiger partial charge in [-0.2, -0.15) is 0 Å². The minimum atomic E-state index is 0.121. The quantitative estimate of drug-likeness (QED) is 0.928. The standard InChI is InChI=1S/C15H22N6/c1-15(2,3)17-9-12-4-5-13(16-8-12)20-6-7-21-11-18-19-14(21)10-20/h4-5,8,11,17H,6-7,9-10H2,1-3H3. The Bertz CT molecular complexity index is 595. The van der Waals surface area contributed by atoms with Gasteiger partial charge in [0.25, 0.3) is 0 Å². The van der Waals surface area contributed by atoms with E-state index < -0.39 is 0 Å². The summed E-state index contributed by atoms with van der Waals surface area (Å²) in [5.41, 5.74) is 1.32. The Morgan fingerprint density at radius 3 is 2.81 bits per heavy atom. The summed E-state index contributed by atoms with van der Waals surface area (Å²) in [4.78, 5) is 6.83. The fraction of sp³-hybridized carbons (Fsp3) is 0.533. The second-order valence-corrected chi connectivity index (χ2v) is 6.49. The van der Waals surface area contributed by atoms with E-state index in [9.17, 15) is 0 Å². The third kappa shape index (κ3) is 3.39. The van der Waals surface area contributed by atoms with E-state index in [0.717, 1.165) is 37.8 Å². The van der Waals surface area contributed by atoms with Crippen LogP contribution in [-0.2, 0) is 19.6 Å². The van der Waals surface area contributed by atoms with Crippen LogP contribution in [0.15, 0.2) is 24.7 Å². The van der Waals surface area contributed by atoms with E-state index in [-0.39, 0.29) is 5.54 Å². The lowest BCUT2D eigenvalue weighted by molar-refractivity contribution is 0.424. The summed E-state index contributed by atoms with van der Waals surface area (Å²) in [6, 6.07) is 4.23. The average Bonchev–Trinajstić information content (AvgIpc) is 2.92. The average molecular weight is 286 g/mol. The van der Waals surface area contributed by atoms with Gasteiger partial charge in [0.1, 0.15) is 12.1 Å². The molecule has 0 saturated carbocycles. The van der Waals surface area contributed by atoms with Crippen LogP contribution in [0.3, 0.4) is 0 Å². The van der Waals surface area contributed by atoms with Crippen molar-refractivity contribution in [1.29, 1.82) is 0 Å². The molecule has 0 fully saturated rings. The smallest absolute Gasteiger partial charge is 0.152 e. The highest BCUT2D eigenvalue weighted by Crippen LogP contribution is 2.17. The Kier molecular flexibility index (Phi) is 3.63. The van der Waals surface area contributed by atoms with Gasteiger partial charge in [0, 0.05) is 31.4 Å². The van der Waals surface area contributed by atoms with Crippen LogP contribution < -0.4 is 10.2 Å². The largest absolute Gasteiger partial charge is 0.347 e. The molecule has 0 unspecified atom stereocenters. The lowest BCUT2D eigenvalue weighted by Crippen LogP contribution is -2.35. The number of anilines is 1. The zero-order valence-electron chi connectivity index (χ0n) is 12.9. The van der Waals surface area contributed by atoms with Crippen molar-refractivity contribution in [2.45, 2.75) is 45.9 Å². The minimum absolute atomic E-state index is 0.121. The van der Waals surface area contributed by atoms with Crippen LogP contribution in [0.2, 0.25) is 0 Å². The van der Waals surface area contributed by atoms with Gasteiger partial charge < -0.3 is 14.8 Å². The predicted molar refractivity (Wildman–Crippen MR) is 81.9 cm³/mol. The number of fused-ring (bicyclic) bond motifs is 1. The highest BCUT2D eigenvalue weighted by atomic mass is 15.3. The Morgan fingerprint density at radius 2 is 2.10 bits per heavy atom. The van der Waals surface area contributed by atoms with Crippen molar-refractivity contribution >= 4 is 5.82 Å². The van der Waals surface area contributed by atoms with E-state index in [1.807, 2.05) is 6.20 Å². The lowest BCUT2D eigenvalue weighted by Gasteiger charge is -2.28. The van der Waals surface area contributed by atoms with E-state index >= 15 is 0 Å². The maximum absolute atomic E-state index is 4.59. The molecule has 2 aromatic rings. The van der Waals surface area contributed by atoms with Gasteiger partial charge in [-0.3, -0.25) is 0 Å². The van der Waals surface area contributed by atoms with Crippen molar-refractivity contribution in [3.8, 4) is 0 Å². The van der Waals surface area contributed by atoms with E-state index in [1.165, 1.54) is 5.56 Å². The molecule has 0 amide bonds. The zero-order valence-corrected chi connectivity index (χ0v) is 12.9. The molecule has 0 bridgehead atoms. The van der Waals surface area contributed by atoms with Crippen LogP contribution >= 0.6 is 0 Å². The summed E-state index contributed by atoms with van der Waals surface area (Å²) < 4.78 is 2.10. The highest BCUT2D eigenvalue weighted by molar-refractivity contribution is 5.40. The Balaban J connectivity index is 1.65. The maximum Gasteiger partial charge on any atom is 0.152 e. The summed E-state index contributed by atoms with van der Waals surface area (Å²) in [6.07, 6.45) is 3.74. The summed E-state index contributed by atoms with van der Waals surface area (Å²) in [5.74, 6) is 2.00. The van der Waals surface area contributed by atoms with Crippen molar-refractivity contribution in [2.75, 3.05) is 11.4 Å². The van der Waals surface area contributed by atoms with Crippen LogP contribution in [0.25, 0.3) is 0 Å². The number of hydrogen-bond donors (Lipinski definition) is 1. The monoisotopic (exact) mass is 286 g/mol. The number of nitrogens with zero attached hydrogens (tertiary/aromatic N) is 5. The molecule has 1 N–H and O–H groups in total. The Hall–Kier alpha value is -1.95. The van der Waals surface area contributed by atoms with Gasteiger partial charge in [0.05, 0.1) is 6.54 Å². The number of rotatable bonds is 3. The SMILES string of the molecule is CC(C)(C)NCc1ccc(N2CCn3cnnc3C2)nc1. The first-order chi connectivity index (χ1) is 10.0. The molecule has 3 rings (SSSR count). The summed E-state index contributed by atoms with van der Waals surface area (Å²) in [6.45, 7) is 9.96. The van der Waals surface area contributed by atoms with Crippen LogP contribution in [0.5, 0.6) is 0 Å². The van der Waals surface area contributed by atoms with Gasteiger partial charge in [0.2, 0.25) is 0 Å². The van der Waals surface area contributed by atoms with Crippen molar-refractivity contribution in [3.63, 3.8) is 0 Å². The molecule has 112 valence electrons. The van der Waals surface area contributed by atoms with Gasteiger partial charge in [-0.25, -0.2) is 4.98 Å². The molecule has 3 heterocycles. The topological polar surface area (TPSA) is 58.9 Å². The lowest BCUT2D eigenvalue weighted by atomic mass is 10.1. The summed E-state index contributed by atoms with van der Waals surface area (Å²) >= 11 is 0. The molecule has 0 saturated heterocycles. The minimum Gasteiger partial charge on any atom is -0.347 e. The van der Waals surface area contributed by atoms with Crippen molar-refractivity contribution in [3.05, 3.63) is 36.0 Å². The second-order valence-electron chi connectivity index (χ2n) is 6.49. The third-order valence-corrected chi connectivity index (χ3v) is 3.59. The molecule has 6 heteroatoms. The normalized spacial score (nSPS) is 15.1.